The molecule has 0 radical (unpaired) electrons. The van der Waals surface area contributed by atoms with Crippen LogP contribution in [0.25, 0.3) is 0 Å². The quantitative estimate of drug-likeness (QED) is 0.664. The summed E-state index contributed by atoms with van der Waals surface area (Å²) < 4.78 is 10.7. The van der Waals surface area contributed by atoms with Crippen LogP contribution in [0.1, 0.15) is 39.0 Å². The SMILES string of the molecule is CCC1CCCC(C(COCCOC)NC)C1. The summed E-state index contributed by atoms with van der Waals surface area (Å²) in [4.78, 5) is 0. The molecule has 3 atom stereocenters. The Morgan fingerprint density at radius 3 is 2.76 bits per heavy atom. The zero-order valence-electron chi connectivity index (χ0n) is 11.7. The molecule has 1 N–H and O–H groups in total. The van der Waals surface area contributed by atoms with Crippen LogP contribution in [0.4, 0.5) is 0 Å². The minimum Gasteiger partial charge on any atom is -0.382 e. The molecule has 0 spiro atoms. The van der Waals surface area contributed by atoms with Gasteiger partial charge in [0, 0.05) is 13.2 Å². The van der Waals surface area contributed by atoms with Crippen LogP contribution in [0.3, 0.4) is 0 Å². The van der Waals surface area contributed by atoms with E-state index < -0.39 is 0 Å². The van der Waals surface area contributed by atoms with E-state index >= 15 is 0 Å². The highest BCUT2D eigenvalue weighted by Gasteiger charge is 2.26. The van der Waals surface area contributed by atoms with Crippen LogP contribution in [-0.2, 0) is 9.47 Å². The average Bonchev–Trinajstić information content (AvgIpc) is 2.39. The third-order valence-corrected chi connectivity index (χ3v) is 4.07. The monoisotopic (exact) mass is 243 g/mol. The predicted molar refractivity (Wildman–Crippen MR) is 71.3 cm³/mol. The predicted octanol–water partition coefficient (Wildman–Crippen LogP) is 2.45. The number of ether oxygens (including phenoxy) is 2. The molecule has 0 aromatic carbocycles. The number of rotatable bonds is 8. The third kappa shape index (κ3) is 5.36. The molecular formula is C14H29NO2. The van der Waals surface area contributed by atoms with Gasteiger partial charge < -0.3 is 14.8 Å². The van der Waals surface area contributed by atoms with Gasteiger partial charge in [-0.2, -0.15) is 0 Å². The van der Waals surface area contributed by atoms with Gasteiger partial charge in [-0.05, 0) is 31.7 Å². The zero-order chi connectivity index (χ0) is 12.5. The molecule has 3 heteroatoms. The summed E-state index contributed by atoms with van der Waals surface area (Å²) in [6.07, 6.45) is 6.87. The number of likely N-dealkylation sites (N-methyl/N-ethyl adjacent to an activating group) is 1. The molecule has 17 heavy (non-hydrogen) atoms. The standard InChI is InChI=1S/C14H29NO2/c1-4-12-6-5-7-13(10-12)14(15-2)11-17-9-8-16-3/h12-15H,4-11H2,1-3H3. The van der Waals surface area contributed by atoms with Crippen molar-refractivity contribution < 1.29 is 9.47 Å². The first kappa shape index (κ1) is 14.9. The first-order chi connectivity index (χ1) is 8.31. The van der Waals surface area contributed by atoms with Crippen molar-refractivity contribution in [2.75, 3.05) is 34.0 Å². The van der Waals surface area contributed by atoms with E-state index in [1.807, 2.05) is 0 Å². The van der Waals surface area contributed by atoms with Crippen LogP contribution >= 0.6 is 0 Å². The van der Waals surface area contributed by atoms with E-state index in [0.29, 0.717) is 19.3 Å². The maximum Gasteiger partial charge on any atom is 0.0701 e. The van der Waals surface area contributed by atoms with Crippen LogP contribution in [0.15, 0.2) is 0 Å². The number of hydrogen-bond acceptors (Lipinski definition) is 3. The molecule has 3 nitrogen and oxygen atoms in total. The highest BCUT2D eigenvalue weighted by molar-refractivity contribution is 4.81. The molecule has 0 aromatic heterocycles. The summed E-state index contributed by atoms with van der Waals surface area (Å²) in [5.74, 6) is 1.73. The molecule has 1 saturated carbocycles. The van der Waals surface area contributed by atoms with E-state index in [0.717, 1.165) is 18.4 Å². The molecule has 0 aromatic rings. The fourth-order valence-corrected chi connectivity index (χ4v) is 2.88. The Balaban J connectivity index is 2.27. The van der Waals surface area contributed by atoms with Crippen molar-refractivity contribution in [2.24, 2.45) is 11.8 Å². The molecule has 1 aliphatic carbocycles. The van der Waals surface area contributed by atoms with Crippen molar-refractivity contribution in [2.45, 2.75) is 45.1 Å². The second kappa shape index (κ2) is 8.90. The van der Waals surface area contributed by atoms with Crippen LogP contribution < -0.4 is 5.32 Å². The minimum atomic E-state index is 0.515. The van der Waals surface area contributed by atoms with E-state index in [2.05, 4.69) is 19.3 Å². The summed E-state index contributed by atoms with van der Waals surface area (Å²) in [6.45, 7) is 4.54. The van der Waals surface area contributed by atoms with Crippen molar-refractivity contribution in [3.63, 3.8) is 0 Å². The molecule has 0 aliphatic heterocycles. The van der Waals surface area contributed by atoms with Crippen LogP contribution in [0.5, 0.6) is 0 Å². The van der Waals surface area contributed by atoms with Crippen LogP contribution in [-0.4, -0.2) is 40.0 Å². The Morgan fingerprint density at radius 1 is 1.29 bits per heavy atom. The molecule has 0 bridgehead atoms. The molecule has 1 rings (SSSR count). The summed E-state index contributed by atoms with van der Waals surface area (Å²) in [5, 5.41) is 3.43. The Morgan fingerprint density at radius 2 is 2.12 bits per heavy atom. The van der Waals surface area contributed by atoms with Crippen molar-refractivity contribution >= 4 is 0 Å². The van der Waals surface area contributed by atoms with Gasteiger partial charge >= 0.3 is 0 Å². The normalized spacial score (nSPS) is 27.0. The van der Waals surface area contributed by atoms with E-state index in [-0.39, 0.29) is 0 Å². The van der Waals surface area contributed by atoms with Gasteiger partial charge in [-0.25, -0.2) is 0 Å². The first-order valence-corrected chi connectivity index (χ1v) is 7.05. The lowest BCUT2D eigenvalue weighted by Crippen LogP contribution is -2.40. The lowest BCUT2D eigenvalue weighted by atomic mass is 9.77. The van der Waals surface area contributed by atoms with Gasteiger partial charge in [0.05, 0.1) is 19.8 Å². The maximum absolute atomic E-state index is 5.66. The van der Waals surface area contributed by atoms with Crippen molar-refractivity contribution in [1.82, 2.24) is 5.32 Å². The molecule has 0 amide bonds. The molecule has 0 heterocycles. The van der Waals surface area contributed by atoms with Crippen LogP contribution in [0.2, 0.25) is 0 Å². The third-order valence-electron chi connectivity index (χ3n) is 4.07. The fraction of sp³-hybridized carbons (Fsp3) is 1.00. The smallest absolute Gasteiger partial charge is 0.0701 e. The molecule has 102 valence electrons. The number of methoxy groups -OCH3 is 1. The summed E-state index contributed by atoms with van der Waals surface area (Å²) >= 11 is 0. The topological polar surface area (TPSA) is 30.5 Å². The largest absolute Gasteiger partial charge is 0.382 e. The Labute approximate surface area is 106 Å². The van der Waals surface area contributed by atoms with Crippen molar-refractivity contribution in [1.29, 1.82) is 0 Å². The van der Waals surface area contributed by atoms with Crippen molar-refractivity contribution in [3.8, 4) is 0 Å². The van der Waals surface area contributed by atoms with E-state index in [1.54, 1.807) is 7.11 Å². The molecular weight excluding hydrogens is 214 g/mol. The highest BCUT2D eigenvalue weighted by atomic mass is 16.5. The fourth-order valence-electron chi connectivity index (χ4n) is 2.88. The molecule has 1 fully saturated rings. The van der Waals surface area contributed by atoms with Gasteiger partial charge in [-0.15, -0.1) is 0 Å². The summed E-state index contributed by atoms with van der Waals surface area (Å²) in [6, 6.07) is 0.515. The Kier molecular flexibility index (Phi) is 7.82. The number of nitrogens with one attached hydrogen (secondary N) is 1. The maximum atomic E-state index is 5.66. The molecule has 0 saturated heterocycles. The van der Waals surface area contributed by atoms with Gasteiger partial charge in [0.1, 0.15) is 0 Å². The average molecular weight is 243 g/mol. The Hall–Kier alpha value is -0.120. The number of hydrogen-bond donors (Lipinski definition) is 1. The van der Waals surface area contributed by atoms with Gasteiger partial charge in [-0.1, -0.05) is 26.2 Å². The van der Waals surface area contributed by atoms with Gasteiger partial charge in [0.2, 0.25) is 0 Å². The van der Waals surface area contributed by atoms with E-state index in [4.69, 9.17) is 9.47 Å². The second-order valence-corrected chi connectivity index (χ2v) is 5.16. The first-order valence-electron chi connectivity index (χ1n) is 7.05. The Bertz CT molecular complexity index is 187. The van der Waals surface area contributed by atoms with Gasteiger partial charge in [0.25, 0.3) is 0 Å². The lowest BCUT2D eigenvalue weighted by Gasteiger charge is -2.34. The summed E-state index contributed by atoms with van der Waals surface area (Å²) in [5.41, 5.74) is 0. The minimum absolute atomic E-state index is 0.515. The lowest BCUT2D eigenvalue weighted by molar-refractivity contribution is 0.0431. The molecule has 1 aliphatic rings. The zero-order valence-corrected chi connectivity index (χ0v) is 11.7. The summed E-state index contributed by atoms with van der Waals surface area (Å²) in [7, 11) is 3.77. The van der Waals surface area contributed by atoms with Gasteiger partial charge in [0.15, 0.2) is 0 Å². The van der Waals surface area contributed by atoms with E-state index in [1.165, 1.54) is 32.1 Å². The highest BCUT2D eigenvalue weighted by Crippen LogP contribution is 2.32. The second-order valence-electron chi connectivity index (χ2n) is 5.16. The van der Waals surface area contributed by atoms with Gasteiger partial charge in [-0.3, -0.25) is 0 Å². The van der Waals surface area contributed by atoms with Crippen molar-refractivity contribution in [3.05, 3.63) is 0 Å². The molecule has 3 unspecified atom stereocenters. The van der Waals surface area contributed by atoms with Crippen LogP contribution in [0, 0.1) is 11.8 Å². The van der Waals surface area contributed by atoms with E-state index in [9.17, 15) is 0 Å².